The first-order chi connectivity index (χ1) is 7.72. The molecule has 1 unspecified atom stereocenters. The smallest absolute Gasteiger partial charge is 0.305 e. The molecular weight excluding hydrogens is 204 g/mol. The van der Waals surface area contributed by atoms with Gasteiger partial charge in [0.15, 0.2) is 0 Å². The number of para-hydroxylation sites is 1. The van der Waals surface area contributed by atoms with Crippen LogP contribution in [0.4, 0.5) is 0 Å². The minimum atomic E-state index is -0.786. The van der Waals surface area contributed by atoms with E-state index in [-0.39, 0.29) is 12.5 Å². The summed E-state index contributed by atoms with van der Waals surface area (Å²) in [6.45, 7) is 1.98. The number of aromatic nitrogens is 2. The number of benzene rings is 1. The van der Waals surface area contributed by atoms with Crippen LogP contribution in [0.5, 0.6) is 0 Å². The van der Waals surface area contributed by atoms with Gasteiger partial charge in [0.25, 0.3) is 0 Å². The highest BCUT2D eigenvalue weighted by Crippen LogP contribution is 2.21. The molecule has 0 amide bonds. The summed E-state index contributed by atoms with van der Waals surface area (Å²) in [6, 6.07) is 7.76. The molecule has 1 aromatic heterocycles. The summed E-state index contributed by atoms with van der Waals surface area (Å²) in [6.07, 6.45) is 2.65. The zero-order valence-electron chi connectivity index (χ0n) is 9.13. The highest BCUT2D eigenvalue weighted by Gasteiger charge is 2.15. The van der Waals surface area contributed by atoms with Gasteiger partial charge in [0, 0.05) is 5.39 Å². The first-order valence-corrected chi connectivity index (χ1v) is 5.36. The molecule has 1 heterocycles. The van der Waals surface area contributed by atoms with Crippen molar-refractivity contribution < 1.29 is 9.90 Å². The van der Waals surface area contributed by atoms with Gasteiger partial charge in [0.05, 0.1) is 24.2 Å². The van der Waals surface area contributed by atoms with Gasteiger partial charge in [-0.25, -0.2) is 0 Å². The van der Waals surface area contributed by atoms with Crippen molar-refractivity contribution in [3.05, 3.63) is 30.5 Å². The molecular formula is C12H14N2O2. The Morgan fingerprint density at radius 2 is 2.25 bits per heavy atom. The summed E-state index contributed by atoms with van der Waals surface area (Å²) < 4.78 is 1.81. The minimum Gasteiger partial charge on any atom is -0.481 e. The van der Waals surface area contributed by atoms with Crippen molar-refractivity contribution in [1.82, 2.24) is 9.78 Å². The minimum absolute atomic E-state index is 0.0719. The third-order valence-corrected chi connectivity index (χ3v) is 2.73. The molecule has 1 N–H and O–H groups in total. The summed E-state index contributed by atoms with van der Waals surface area (Å²) in [4.78, 5) is 10.8. The van der Waals surface area contributed by atoms with Crippen molar-refractivity contribution in [2.75, 3.05) is 0 Å². The molecule has 0 aliphatic rings. The molecule has 4 heteroatoms. The normalized spacial score (nSPS) is 12.8. The van der Waals surface area contributed by atoms with E-state index in [9.17, 15) is 4.79 Å². The van der Waals surface area contributed by atoms with E-state index in [1.165, 1.54) is 0 Å². The van der Waals surface area contributed by atoms with Crippen LogP contribution in [-0.4, -0.2) is 20.9 Å². The van der Waals surface area contributed by atoms with E-state index in [2.05, 4.69) is 5.10 Å². The summed E-state index contributed by atoms with van der Waals surface area (Å²) in [5, 5.41) is 14.2. The predicted octanol–water partition coefficient (Wildman–Crippen LogP) is 2.46. The Morgan fingerprint density at radius 1 is 1.50 bits per heavy atom. The average Bonchev–Trinajstić information content (AvgIpc) is 2.69. The average molecular weight is 218 g/mol. The summed E-state index contributed by atoms with van der Waals surface area (Å²) in [5.41, 5.74) is 0.996. The Balaban J connectivity index is 2.41. The van der Waals surface area contributed by atoms with E-state index >= 15 is 0 Å². The maximum Gasteiger partial charge on any atom is 0.305 e. The number of nitrogens with zero attached hydrogens (tertiary/aromatic N) is 2. The molecule has 0 aliphatic carbocycles. The Labute approximate surface area is 93.5 Å². The maximum absolute atomic E-state index is 10.8. The van der Waals surface area contributed by atoms with Gasteiger partial charge in [-0.1, -0.05) is 25.1 Å². The molecule has 2 rings (SSSR count). The predicted molar refractivity (Wildman–Crippen MR) is 61.3 cm³/mol. The zero-order valence-corrected chi connectivity index (χ0v) is 9.13. The summed E-state index contributed by atoms with van der Waals surface area (Å²) >= 11 is 0. The van der Waals surface area contributed by atoms with Crippen LogP contribution in [-0.2, 0) is 4.79 Å². The molecule has 16 heavy (non-hydrogen) atoms. The molecule has 1 aromatic carbocycles. The summed E-state index contributed by atoms with van der Waals surface area (Å²) in [5.74, 6) is -0.786. The molecule has 0 bridgehead atoms. The largest absolute Gasteiger partial charge is 0.481 e. The Morgan fingerprint density at radius 3 is 2.94 bits per heavy atom. The van der Waals surface area contributed by atoms with E-state index in [0.717, 1.165) is 17.3 Å². The fourth-order valence-electron chi connectivity index (χ4n) is 1.89. The van der Waals surface area contributed by atoms with Crippen molar-refractivity contribution in [2.45, 2.75) is 25.8 Å². The lowest BCUT2D eigenvalue weighted by molar-refractivity contribution is -0.138. The number of hydrogen-bond donors (Lipinski definition) is 1. The third kappa shape index (κ3) is 1.91. The molecule has 0 radical (unpaired) electrons. The number of fused-ring (bicyclic) bond motifs is 1. The maximum atomic E-state index is 10.8. The SMILES string of the molecule is CCC(CC(=O)O)n1ncc2ccccc21. The fourth-order valence-corrected chi connectivity index (χ4v) is 1.89. The zero-order chi connectivity index (χ0) is 11.5. The Bertz CT molecular complexity index is 504. The topological polar surface area (TPSA) is 55.1 Å². The van der Waals surface area contributed by atoms with Crippen LogP contribution in [0.25, 0.3) is 10.9 Å². The van der Waals surface area contributed by atoms with Gasteiger partial charge in [-0.2, -0.15) is 5.10 Å². The van der Waals surface area contributed by atoms with Gasteiger partial charge in [-0.15, -0.1) is 0 Å². The van der Waals surface area contributed by atoms with Gasteiger partial charge in [-0.3, -0.25) is 9.48 Å². The van der Waals surface area contributed by atoms with Crippen LogP contribution in [0.2, 0.25) is 0 Å². The number of carboxylic acid groups (broad SMARTS) is 1. The molecule has 2 aromatic rings. The van der Waals surface area contributed by atoms with Crippen molar-refractivity contribution in [3.63, 3.8) is 0 Å². The van der Waals surface area contributed by atoms with Crippen molar-refractivity contribution in [3.8, 4) is 0 Å². The van der Waals surface area contributed by atoms with Crippen LogP contribution in [0.3, 0.4) is 0 Å². The monoisotopic (exact) mass is 218 g/mol. The van der Waals surface area contributed by atoms with Crippen LogP contribution >= 0.6 is 0 Å². The van der Waals surface area contributed by atoms with E-state index in [1.54, 1.807) is 6.20 Å². The fraction of sp³-hybridized carbons (Fsp3) is 0.333. The Hall–Kier alpha value is -1.84. The van der Waals surface area contributed by atoms with Gasteiger partial charge in [-0.05, 0) is 12.5 Å². The summed E-state index contributed by atoms with van der Waals surface area (Å²) in [7, 11) is 0. The molecule has 0 aliphatic heterocycles. The standard InChI is InChI=1S/C12H14N2O2/c1-2-10(7-12(15)16)14-11-6-4-3-5-9(11)8-13-14/h3-6,8,10H,2,7H2,1H3,(H,15,16). The molecule has 0 spiro atoms. The van der Waals surface area contributed by atoms with Gasteiger partial charge in [0.1, 0.15) is 0 Å². The van der Waals surface area contributed by atoms with E-state index < -0.39 is 5.97 Å². The lowest BCUT2D eigenvalue weighted by Gasteiger charge is -2.14. The number of carbonyl (C=O) groups is 1. The quantitative estimate of drug-likeness (QED) is 0.857. The molecule has 84 valence electrons. The molecule has 0 fully saturated rings. The number of aliphatic carboxylic acids is 1. The highest BCUT2D eigenvalue weighted by molar-refractivity contribution is 5.78. The molecule has 0 saturated carbocycles. The molecule has 1 atom stereocenters. The Kier molecular flexibility index (Phi) is 2.90. The molecule has 4 nitrogen and oxygen atoms in total. The van der Waals surface area contributed by atoms with Crippen molar-refractivity contribution in [1.29, 1.82) is 0 Å². The second kappa shape index (κ2) is 4.35. The second-order valence-electron chi connectivity index (χ2n) is 3.81. The third-order valence-electron chi connectivity index (χ3n) is 2.73. The second-order valence-corrected chi connectivity index (χ2v) is 3.81. The van der Waals surface area contributed by atoms with Crippen molar-refractivity contribution >= 4 is 16.9 Å². The lowest BCUT2D eigenvalue weighted by atomic mass is 10.1. The van der Waals surface area contributed by atoms with E-state index in [4.69, 9.17) is 5.11 Å². The van der Waals surface area contributed by atoms with Crippen LogP contribution in [0.15, 0.2) is 30.5 Å². The number of hydrogen-bond acceptors (Lipinski definition) is 2. The van der Waals surface area contributed by atoms with Gasteiger partial charge >= 0.3 is 5.97 Å². The van der Waals surface area contributed by atoms with Gasteiger partial charge in [0.2, 0.25) is 0 Å². The van der Waals surface area contributed by atoms with E-state index in [0.29, 0.717) is 0 Å². The first kappa shape index (κ1) is 10.7. The molecule has 0 saturated heterocycles. The lowest BCUT2D eigenvalue weighted by Crippen LogP contribution is -2.13. The van der Waals surface area contributed by atoms with E-state index in [1.807, 2.05) is 35.9 Å². The van der Waals surface area contributed by atoms with Crippen LogP contribution in [0.1, 0.15) is 25.8 Å². The highest BCUT2D eigenvalue weighted by atomic mass is 16.4. The van der Waals surface area contributed by atoms with Crippen LogP contribution < -0.4 is 0 Å². The first-order valence-electron chi connectivity index (χ1n) is 5.36. The number of carboxylic acids is 1. The van der Waals surface area contributed by atoms with Gasteiger partial charge < -0.3 is 5.11 Å². The van der Waals surface area contributed by atoms with Crippen LogP contribution in [0, 0.1) is 0 Å². The van der Waals surface area contributed by atoms with Crippen molar-refractivity contribution in [2.24, 2.45) is 0 Å². The number of rotatable bonds is 4.